The van der Waals surface area contributed by atoms with Crippen molar-refractivity contribution in [3.8, 4) is 0 Å². The minimum atomic E-state index is -0.765. The van der Waals surface area contributed by atoms with Crippen molar-refractivity contribution in [1.29, 1.82) is 0 Å². The Hall–Kier alpha value is -1.38. The van der Waals surface area contributed by atoms with Gasteiger partial charge in [-0.25, -0.2) is 0 Å². The van der Waals surface area contributed by atoms with E-state index in [1.807, 2.05) is 6.07 Å². The van der Waals surface area contributed by atoms with Gasteiger partial charge in [0.2, 0.25) is 0 Å². The van der Waals surface area contributed by atoms with Gasteiger partial charge in [-0.05, 0) is 29.3 Å². The summed E-state index contributed by atoms with van der Waals surface area (Å²) >= 11 is 0. The van der Waals surface area contributed by atoms with Crippen LogP contribution in [0.25, 0.3) is 10.8 Å². The third-order valence-corrected chi connectivity index (χ3v) is 3.21. The molecule has 0 spiro atoms. The van der Waals surface area contributed by atoms with E-state index >= 15 is 0 Å². The van der Waals surface area contributed by atoms with E-state index in [4.69, 9.17) is 4.74 Å². The van der Waals surface area contributed by atoms with Gasteiger partial charge in [-0.15, -0.1) is 0 Å². The maximum absolute atomic E-state index is 10.2. The molecule has 0 amide bonds. The highest BCUT2D eigenvalue weighted by molar-refractivity contribution is 5.84. The van der Waals surface area contributed by atoms with Crippen molar-refractivity contribution in [2.75, 3.05) is 13.2 Å². The highest BCUT2D eigenvalue weighted by Crippen LogP contribution is 2.31. The number of hydrogen-bond donors (Lipinski definition) is 1. The standard InChI is InChI=1S/C14H14O2/c1-10-2-3-12-7-13(5-4-11(12)6-10)14(15)8-16-9-14/h2-7,15H,8-9H2,1H3. The molecule has 2 heteroatoms. The normalized spacial score (nSPS) is 18.4. The Morgan fingerprint density at radius 2 is 1.75 bits per heavy atom. The molecule has 1 heterocycles. The fourth-order valence-corrected chi connectivity index (χ4v) is 2.12. The van der Waals surface area contributed by atoms with Crippen molar-refractivity contribution < 1.29 is 9.84 Å². The highest BCUT2D eigenvalue weighted by Gasteiger charge is 2.37. The summed E-state index contributed by atoms with van der Waals surface area (Å²) in [7, 11) is 0. The predicted octanol–water partition coefficient (Wildman–Crippen LogP) is 2.37. The van der Waals surface area contributed by atoms with Crippen LogP contribution in [0, 0.1) is 6.92 Å². The minimum Gasteiger partial charge on any atom is -0.380 e. The second-order valence-corrected chi connectivity index (χ2v) is 4.59. The zero-order chi connectivity index (χ0) is 11.2. The Bertz CT molecular complexity index is 541. The molecular weight excluding hydrogens is 200 g/mol. The molecule has 82 valence electrons. The number of aliphatic hydroxyl groups is 1. The second kappa shape index (κ2) is 3.30. The van der Waals surface area contributed by atoms with Crippen LogP contribution >= 0.6 is 0 Å². The van der Waals surface area contributed by atoms with Crippen LogP contribution in [-0.2, 0) is 10.3 Å². The number of hydrogen-bond acceptors (Lipinski definition) is 2. The van der Waals surface area contributed by atoms with Crippen LogP contribution < -0.4 is 0 Å². The van der Waals surface area contributed by atoms with E-state index in [1.165, 1.54) is 16.3 Å². The number of ether oxygens (including phenoxy) is 1. The van der Waals surface area contributed by atoms with Gasteiger partial charge < -0.3 is 9.84 Å². The average Bonchev–Trinajstić information content (AvgIpc) is 2.25. The molecule has 1 fully saturated rings. The smallest absolute Gasteiger partial charge is 0.136 e. The first-order valence-electron chi connectivity index (χ1n) is 5.48. The molecule has 2 nitrogen and oxygen atoms in total. The van der Waals surface area contributed by atoms with Gasteiger partial charge >= 0.3 is 0 Å². The summed E-state index contributed by atoms with van der Waals surface area (Å²) in [5.41, 5.74) is 1.44. The first-order valence-corrected chi connectivity index (χ1v) is 5.48. The topological polar surface area (TPSA) is 29.5 Å². The maximum Gasteiger partial charge on any atom is 0.136 e. The Balaban J connectivity index is 2.12. The summed E-state index contributed by atoms with van der Waals surface area (Å²) in [5.74, 6) is 0. The number of aryl methyl sites for hydroxylation is 1. The van der Waals surface area contributed by atoms with E-state index in [1.54, 1.807) is 0 Å². The average molecular weight is 214 g/mol. The van der Waals surface area contributed by atoms with Crippen LogP contribution in [-0.4, -0.2) is 18.3 Å². The molecule has 2 aromatic rings. The monoisotopic (exact) mass is 214 g/mol. The molecule has 3 rings (SSSR count). The van der Waals surface area contributed by atoms with Crippen LogP contribution in [0.2, 0.25) is 0 Å². The molecule has 0 aliphatic carbocycles. The lowest BCUT2D eigenvalue weighted by Gasteiger charge is -2.36. The fourth-order valence-electron chi connectivity index (χ4n) is 2.12. The first kappa shape index (κ1) is 9.82. The van der Waals surface area contributed by atoms with Crippen molar-refractivity contribution in [1.82, 2.24) is 0 Å². The fraction of sp³-hybridized carbons (Fsp3) is 0.286. The van der Waals surface area contributed by atoms with Crippen molar-refractivity contribution in [2.45, 2.75) is 12.5 Å². The predicted molar refractivity (Wildman–Crippen MR) is 63.4 cm³/mol. The lowest BCUT2D eigenvalue weighted by molar-refractivity contribution is -0.184. The molecule has 1 N–H and O–H groups in total. The summed E-state index contributed by atoms with van der Waals surface area (Å²) in [6.45, 7) is 2.90. The highest BCUT2D eigenvalue weighted by atomic mass is 16.5. The van der Waals surface area contributed by atoms with Crippen LogP contribution in [0.4, 0.5) is 0 Å². The van der Waals surface area contributed by atoms with Crippen molar-refractivity contribution >= 4 is 10.8 Å². The summed E-state index contributed by atoms with van der Waals surface area (Å²) < 4.78 is 5.07. The summed E-state index contributed by atoms with van der Waals surface area (Å²) in [6, 6.07) is 12.4. The quantitative estimate of drug-likeness (QED) is 0.789. The molecular formula is C14H14O2. The Kier molecular flexibility index (Phi) is 2.03. The van der Waals surface area contributed by atoms with Gasteiger partial charge in [0, 0.05) is 0 Å². The zero-order valence-electron chi connectivity index (χ0n) is 9.23. The number of fused-ring (bicyclic) bond motifs is 1. The van der Waals surface area contributed by atoms with E-state index < -0.39 is 5.60 Å². The number of rotatable bonds is 1. The first-order chi connectivity index (χ1) is 7.67. The van der Waals surface area contributed by atoms with Crippen LogP contribution in [0.1, 0.15) is 11.1 Å². The molecule has 2 aromatic carbocycles. The number of benzene rings is 2. The van der Waals surface area contributed by atoms with E-state index in [0.29, 0.717) is 13.2 Å². The van der Waals surface area contributed by atoms with E-state index in [2.05, 4.69) is 37.3 Å². The molecule has 0 saturated carbocycles. The lowest BCUT2D eigenvalue weighted by Crippen LogP contribution is -2.46. The molecule has 0 atom stereocenters. The lowest BCUT2D eigenvalue weighted by atomic mass is 9.90. The Labute approximate surface area is 94.5 Å². The largest absolute Gasteiger partial charge is 0.380 e. The van der Waals surface area contributed by atoms with Crippen molar-refractivity contribution in [3.63, 3.8) is 0 Å². The minimum absolute atomic E-state index is 0.407. The third kappa shape index (κ3) is 1.42. The van der Waals surface area contributed by atoms with Gasteiger partial charge in [-0.1, -0.05) is 35.9 Å². The molecule has 0 aromatic heterocycles. The summed E-state index contributed by atoms with van der Waals surface area (Å²) in [4.78, 5) is 0. The molecule has 0 radical (unpaired) electrons. The third-order valence-electron chi connectivity index (χ3n) is 3.21. The Morgan fingerprint density at radius 3 is 2.44 bits per heavy atom. The van der Waals surface area contributed by atoms with Gasteiger partial charge in [-0.3, -0.25) is 0 Å². The zero-order valence-corrected chi connectivity index (χ0v) is 9.23. The van der Waals surface area contributed by atoms with E-state index in [0.717, 1.165) is 5.56 Å². The van der Waals surface area contributed by atoms with Gasteiger partial charge in [0.1, 0.15) is 5.60 Å². The van der Waals surface area contributed by atoms with E-state index in [9.17, 15) is 5.11 Å². The van der Waals surface area contributed by atoms with Crippen LogP contribution in [0.3, 0.4) is 0 Å². The SMILES string of the molecule is Cc1ccc2cc(C3(O)COC3)ccc2c1. The van der Waals surface area contributed by atoms with Gasteiger partial charge in [-0.2, -0.15) is 0 Å². The Morgan fingerprint density at radius 1 is 1.06 bits per heavy atom. The summed E-state index contributed by atoms with van der Waals surface area (Å²) in [5, 5.41) is 12.6. The van der Waals surface area contributed by atoms with E-state index in [-0.39, 0.29) is 0 Å². The maximum atomic E-state index is 10.2. The van der Waals surface area contributed by atoms with Crippen molar-refractivity contribution in [3.05, 3.63) is 47.5 Å². The van der Waals surface area contributed by atoms with Gasteiger partial charge in [0.25, 0.3) is 0 Å². The van der Waals surface area contributed by atoms with Gasteiger partial charge in [0.15, 0.2) is 0 Å². The molecule has 1 saturated heterocycles. The molecule has 1 aliphatic rings. The summed E-state index contributed by atoms with van der Waals surface area (Å²) in [6.07, 6.45) is 0. The van der Waals surface area contributed by atoms with Crippen LogP contribution in [0.5, 0.6) is 0 Å². The molecule has 1 aliphatic heterocycles. The molecule has 0 unspecified atom stereocenters. The van der Waals surface area contributed by atoms with Crippen LogP contribution in [0.15, 0.2) is 36.4 Å². The molecule has 0 bridgehead atoms. The van der Waals surface area contributed by atoms with Gasteiger partial charge in [0.05, 0.1) is 13.2 Å². The second-order valence-electron chi connectivity index (χ2n) is 4.59. The van der Waals surface area contributed by atoms with Crippen molar-refractivity contribution in [2.24, 2.45) is 0 Å². The molecule has 16 heavy (non-hydrogen) atoms.